The summed E-state index contributed by atoms with van der Waals surface area (Å²) in [5, 5.41) is 3.92. The van der Waals surface area contributed by atoms with Crippen LogP contribution in [0.5, 0.6) is 5.75 Å². The molecule has 0 saturated carbocycles. The third kappa shape index (κ3) is 5.47. The van der Waals surface area contributed by atoms with Gasteiger partial charge in [-0.25, -0.2) is 0 Å². The highest BCUT2D eigenvalue weighted by molar-refractivity contribution is 6.30. The molecule has 4 nitrogen and oxygen atoms in total. The van der Waals surface area contributed by atoms with Crippen LogP contribution in [0.2, 0.25) is 5.02 Å². The van der Waals surface area contributed by atoms with Crippen LogP contribution in [0.1, 0.15) is 36.9 Å². The summed E-state index contributed by atoms with van der Waals surface area (Å²) in [4.78, 5) is 15.1. The molecule has 1 fully saturated rings. The van der Waals surface area contributed by atoms with Crippen LogP contribution in [-0.2, 0) is 11.3 Å². The molecule has 5 heteroatoms. The number of likely N-dealkylation sites (tertiary alicyclic amines) is 1. The number of methoxy groups -OCH3 is 1. The van der Waals surface area contributed by atoms with E-state index in [9.17, 15) is 4.79 Å². The van der Waals surface area contributed by atoms with Crippen LogP contribution >= 0.6 is 11.6 Å². The fourth-order valence-electron chi connectivity index (χ4n) is 3.57. The quantitative estimate of drug-likeness (QED) is 0.798. The lowest BCUT2D eigenvalue weighted by atomic mass is 9.96. The van der Waals surface area contributed by atoms with Crippen molar-refractivity contribution in [2.24, 2.45) is 5.92 Å². The van der Waals surface area contributed by atoms with Gasteiger partial charge in [-0.3, -0.25) is 9.69 Å². The molecule has 144 valence electrons. The molecule has 1 amide bonds. The van der Waals surface area contributed by atoms with Crippen LogP contribution in [0.15, 0.2) is 48.5 Å². The van der Waals surface area contributed by atoms with E-state index in [0.29, 0.717) is 0 Å². The van der Waals surface area contributed by atoms with E-state index < -0.39 is 0 Å². The number of ether oxygens (including phenoxy) is 1. The summed E-state index contributed by atoms with van der Waals surface area (Å²) >= 11 is 5.96. The molecule has 1 heterocycles. The molecule has 0 aromatic heterocycles. The first-order valence-corrected chi connectivity index (χ1v) is 9.84. The number of benzene rings is 2. The van der Waals surface area contributed by atoms with Crippen LogP contribution < -0.4 is 10.1 Å². The molecule has 3 rings (SSSR count). The van der Waals surface area contributed by atoms with Crippen LogP contribution in [0, 0.1) is 5.92 Å². The standard InChI is InChI=1S/C22H27ClN2O2/c1-16(18-7-11-21(27-2)12-8-18)24-22(26)19-4-3-13-25(15-19)14-17-5-9-20(23)10-6-17/h5-12,16,19H,3-4,13-15H2,1-2H3,(H,24,26)/t16-,19-/m0/s1. The Morgan fingerprint density at radius 3 is 2.59 bits per heavy atom. The minimum absolute atomic E-state index is 0.0185. The molecule has 1 aliphatic heterocycles. The minimum Gasteiger partial charge on any atom is -0.497 e. The summed E-state index contributed by atoms with van der Waals surface area (Å²) in [6.07, 6.45) is 1.99. The molecule has 0 radical (unpaired) electrons. The van der Waals surface area contributed by atoms with Gasteiger partial charge in [0.2, 0.25) is 5.91 Å². The summed E-state index contributed by atoms with van der Waals surface area (Å²) in [5.74, 6) is 0.994. The third-order valence-electron chi connectivity index (χ3n) is 5.17. The van der Waals surface area contributed by atoms with Gasteiger partial charge in [0.05, 0.1) is 19.1 Å². The molecule has 2 atom stereocenters. The van der Waals surface area contributed by atoms with Crippen molar-refractivity contribution >= 4 is 17.5 Å². The zero-order valence-corrected chi connectivity index (χ0v) is 16.7. The van der Waals surface area contributed by atoms with E-state index in [-0.39, 0.29) is 17.9 Å². The number of hydrogen-bond acceptors (Lipinski definition) is 3. The number of rotatable bonds is 6. The highest BCUT2D eigenvalue weighted by Crippen LogP contribution is 2.22. The van der Waals surface area contributed by atoms with Crippen LogP contribution in [0.3, 0.4) is 0 Å². The molecule has 27 heavy (non-hydrogen) atoms. The predicted molar refractivity (Wildman–Crippen MR) is 109 cm³/mol. The second-order valence-electron chi connectivity index (χ2n) is 7.20. The Balaban J connectivity index is 1.54. The average Bonchev–Trinajstić information content (AvgIpc) is 2.70. The number of carbonyl (C=O) groups excluding carboxylic acids is 1. The zero-order valence-electron chi connectivity index (χ0n) is 16.0. The predicted octanol–water partition coefficient (Wildman–Crippen LogP) is 4.44. The van der Waals surface area contributed by atoms with Gasteiger partial charge >= 0.3 is 0 Å². The lowest BCUT2D eigenvalue weighted by Crippen LogP contribution is -2.43. The van der Waals surface area contributed by atoms with E-state index in [0.717, 1.165) is 48.8 Å². The van der Waals surface area contributed by atoms with E-state index in [1.54, 1.807) is 7.11 Å². The Kier molecular flexibility index (Phi) is 6.75. The Morgan fingerprint density at radius 1 is 1.22 bits per heavy atom. The van der Waals surface area contributed by atoms with Crippen molar-refractivity contribution in [1.82, 2.24) is 10.2 Å². The molecule has 1 aliphatic rings. The SMILES string of the molecule is COc1ccc([C@H](C)NC(=O)[C@H]2CCCN(Cc3ccc(Cl)cc3)C2)cc1. The van der Waals surface area contributed by atoms with Gasteiger partial charge in [-0.15, -0.1) is 0 Å². The van der Waals surface area contributed by atoms with E-state index in [2.05, 4.69) is 22.3 Å². The number of nitrogens with zero attached hydrogens (tertiary/aromatic N) is 1. The Labute approximate surface area is 166 Å². The van der Waals surface area contributed by atoms with Gasteiger partial charge in [0, 0.05) is 18.1 Å². The molecule has 0 aliphatic carbocycles. The summed E-state index contributed by atoms with van der Waals surface area (Å²) in [5.41, 5.74) is 2.31. The van der Waals surface area contributed by atoms with Crippen molar-refractivity contribution in [2.45, 2.75) is 32.4 Å². The normalized spacial score (nSPS) is 18.7. The van der Waals surface area contributed by atoms with Crippen LogP contribution in [-0.4, -0.2) is 31.0 Å². The Hall–Kier alpha value is -2.04. The molecule has 0 bridgehead atoms. The van der Waals surface area contributed by atoms with Gasteiger partial charge in [0.1, 0.15) is 5.75 Å². The van der Waals surface area contributed by atoms with Crippen molar-refractivity contribution in [3.63, 3.8) is 0 Å². The number of amides is 1. The van der Waals surface area contributed by atoms with Gasteiger partial charge in [0.15, 0.2) is 0 Å². The van der Waals surface area contributed by atoms with Crippen molar-refractivity contribution in [2.75, 3.05) is 20.2 Å². The molecule has 0 spiro atoms. The zero-order chi connectivity index (χ0) is 19.2. The summed E-state index contributed by atoms with van der Waals surface area (Å²) in [6.45, 7) is 4.70. The molecule has 1 saturated heterocycles. The lowest BCUT2D eigenvalue weighted by Gasteiger charge is -2.32. The monoisotopic (exact) mass is 386 g/mol. The molecule has 2 aromatic rings. The largest absolute Gasteiger partial charge is 0.497 e. The number of halogens is 1. The first-order chi connectivity index (χ1) is 13.0. The van der Waals surface area contributed by atoms with Crippen molar-refractivity contribution < 1.29 is 9.53 Å². The highest BCUT2D eigenvalue weighted by Gasteiger charge is 2.26. The average molecular weight is 387 g/mol. The minimum atomic E-state index is -0.0185. The van der Waals surface area contributed by atoms with E-state index in [1.165, 1.54) is 5.56 Å². The molecular formula is C22H27ClN2O2. The van der Waals surface area contributed by atoms with Crippen molar-refractivity contribution in [1.29, 1.82) is 0 Å². The molecular weight excluding hydrogens is 360 g/mol. The van der Waals surface area contributed by atoms with Gasteiger partial charge < -0.3 is 10.1 Å². The van der Waals surface area contributed by atoms with Gasteiger partial charge in [-0.2, -0.15) is 0 Å². The fourth-order valence-corrected chi connectivity index (χ4v) is 3.69. The van der Waals surface area contributed by atoms with Crippen LogP contribution in [0.25, 0.3) is 0 Å². The first kappa shape index (κ1) is 19.7. The van der Waals surface area contributed by atoms with E-state index >= 15 is 0 Å². The number of carbonyl (C=O) groups is 1. The Morgan fingerprint density at radius 2 is 1.93 bits per heavy atom. The fraction of sp³-hybridized carbons (Fsp3) is 0.409. The first-order valence-electron chi connectivity index (χ1n) is 9.46. The summed E-state index contributed by atoms with van der Waals surface area (Å²) < 4.78 is 5.19. The van der Waals surface area contributed by atoms with E-state index in [4.69, 9.17) is 16.3 Å². The van der Waals surface area contributed by atoms with Gasteiger partial charge in [-0.05, 0) is 61.7 Å². The van der Waals surface area contributed by atoms with Gasteiger partial charge in [0.25, 0.3) is 0 Å². The number of piperidine rings is 1. The van der Waals surface area contributed by atoms with E-state index in [1.807, 2.05) is 43.3 Å². The number of hydrogen-bond donors (Lipinski definition) is 1. The second kappa shape index (κ2) is 9.25. The molecule has 1 N–H and O–H groups in total. The molecule has 2 aromatic carbocycles. The maximum atomic E-state index is 12.8. The van der Waals surface area contributed by atoms with Gasteiger partial charge in [-0.1, -0.05) is 35.9 Å². The topological polar surface area (TPSA) is 41.6 Å². The smallest absolute Gasteiger partial charge is 0.224 e. The van der Waals surface area contributed by atoms with Crippen LogP contribution in [0.4, 0.5) is 0 Å². The molecule has 0 unspecified atom stereocenters. The maximum absolute atomic E-state index is 12.8. The summed E-state index contributed by atoms with van der Waals surface area (Å²) in [6, 6.07) is 15.8. The number of nitrogens with one attached hydrogen (secondary N) is 1. The lowest BCUT2D eigenvalue weighted by molar-refractivity contribution is -0.127. The third-order valence-corrected chi connectivity index (χ3v) is 5.42. The van der Waals surface area contributed by atoms with Crippen molar-refractivity contribution in [3.05, 3.63) is 64.7 Å². The second-order valence-corrected chi connectivity index (χ2v) is 7.64. The highest BCUT2D eigenvalue weighted by atomic mass is 35.5. The summed E-state index contributed by atoms with van der Waals surface area (Å²) in [7, 11) is 1.65. The Bertz CT molecular complexity index is 746. The maximum Gasteiger partial charge on any atom is 0.224 e. The van der Waals surface area contributed by atoms with Crippen molar-refractivity contribution in [3.8, 4) is 5.75 Å².